The lowest BCUT2D eigenvalue weighted by Gasteiger charge is -2.14. The average Bonchev–Trinajstić information content (AvgIpc) is 2.86. The van der Waals surface area contributed by atoms with Crippen LogP contribution in [0.3, 0.4) is 0 Å². The molecule has 0 saturated carbocycles. The van der Waals surface area contributed by atoms with Crippen LogP contribution in [0.2, 0.25) is 0 Å². The van der Waals surface area contributed by atoms with E-state index in [1.165, 1.54) is 6.26 Å². The molecule has 0 spiro atoms. The molecule has 0 bridgehead atoms. The van der Waals surface area contributed by atoms with Crippen LogP contribution < -0.4 is 9.67 Å². The lowest BCUT2D eigenvalue weighted by Crippen LogP contribution is -2.42. The van der Waals surface area contributed by atoms with Gasteiger partial charge in [-0.3, -0.25) is 0 Å². The van der Waals surface area contributed by atoms with Crippen molar-refractivity contribution in [2.45, 2.75) is 39.5 Å². The largest absolute Gasteiger partial charge is 0.537 e. The number of para-hydroxylation sites is 1. The van der Waals surface area contributed by atoms with Crippen LogP contribution in [0.4, 0.5) is 0 Å². The van der Waals surface area contributed by atoms with Crippen molar-refractivity contribution in [1.82, 2.24) is 0 Å². The molecule has 0 fully saturated rings. The van der Waals surface area contributed by atoms with Gasteiger partial charge in [-0.05, 0) is 11.8 Å². The second-order valence-corrected chi connectivity index (χ2v) is 5.46. The lowest BCUT2D eigenvalue weighted by atomic mass is 9.92. The molecule has 4 nitrogen and oxygen atoms in total. The molecule has 2 aromatic rings. The Morgan fingerprint density at radius 1 is 1.15 bits per heavy atom. The molecule has 0 aliphatic carbocycles. The molecule has 0 radical (unpaired) electrons. The van der Waals surface area contributed by atoms with Crippen molar-refractivity contribution in [3.63, 3.8) is 0 Å². The Labute approximate surface area is 118 Å². The summed E-state index contributed by atoms with van der Waals surface area (Å²) in [5.41, 5.74) is 3.06. The number of oxazole rings is 1. The van der Waals surface area contributed by atoms with Gasteiger partial charge in [-0.25, -0.2) is 0 Å². The molecule has 1 aromatic carbocycles. The molecule has 4 heteroatoms. The molecule has 0 atom stereocenters. The number of carboxylic acids is 1. The van der Waals surface area contributed by atoms with Gasteiger partial charge in [0, 0.05) is 11.1 Å². The van der Waals surface area contributed by atoms with Crippen LogP contribution in [0.25, 0.3) is 5.69 Å². The third kappa shape index (κ3) is 2.46. The Kier molecular flexibility index (Phi) is 3.93. The van der Waals surface area contributed by atoms with Gasteiger partial charge in [-0.1, -0.05) is 45.9 Å². The molecule has 0 N–H and O–H groups in total. The van der Waals surface area contributed by atoms with Crippen molar-refractivity contribution < 1.29 is 18.9 Å². The molecular formula is C16H19NO3. The average molecular weight is 273 g/mol. The van der Waals surface area contributed by atoms with Crippen molar-refractivity contribution in [3.05, 3.63) is 47.7 Å². The van der Waals surface area contributed by atoms with Gasteiger partial charge in [-0.15, -0.1) is 4.57 Å². The smallest absolute Gasteiger partial charge is 0.402 e. The zero-order valence-corrected chi connectivity index (χ0v) is 12.2. The van der Waals surface area contributed by atoms with E-state index >= 15 is 0 Å². The first-order valence-corrected chi connectivity index (χ1v) is 6.77. The van der Waals surface area contributed by atoms with E-state index in [0.29, 0.717) is 0 Å². The second-order valence-electron chi connectivity index (χ2n) is 5.46. The van der Waals surface area contributed by atoms with Gasteiger partial charge >= 0.3 is 5.89 Å². The van der Waals surface area contributed by atoms with E-state index in [2.05, 4.69) is 27.7 Å². The van der Waals surface area contributed by atoms with E-state index in [4.69, 9.17) is 4.42 Å². The zero-order valence-electron chi connectivity index (χ0n) is 12.2. The van der Waals surface area contributed by atoms with Crippen LogP contribution in [0, 0.1) is 0 Å². The Bertz CT molecular complexity index is 600. The summed E-state index contributed by atoms with van der Waals surface area (Å²) in [5, 5.41) is 11.2. The molecule has 106 valence electrons. The van der Waals surface area contributed by atoms with E-state index < -0.39 is 5.97 Å². The molecule has 0 saturated heterocycles. The highest BCUT2D eigenvalue weighted by Gasteiger charge is 2.27. The quantitative estimate of drug-likeness (QED) is 0.802. The number of hydrogen-bond acceptors (Lipinski definition) is 3. The van der Waals surface area contributed by atoms with E-state index in [0.717, 1.165) is 16.8 Å². The predicted octanol–water partition coefficient (Wildman–Crippen LogP) is 2.17. The summed E-state index contributed by atoms with van der Waals surface area (Å²) in [5.74, 6) is -0.940. The van der Waals surface area contributed by atoms with Crippen LogP contribution in [-0.4, -0.2) is 5.97 Å². The Balaban J connectivity index is 2.76. The van der Waals surface area contributed by atoms with Gasteiger partial charge in [0.05, 0.1) is 0 Å². The summed E-state index contributed by atoms with van der Waals surface area (Å²) in [7, 11) is 0. The van der Waals surface area contributed by atoms with E-state index in [-0.39, 0.29) is 17.7 Å². The number of hydrogen-bond donors (Lipinski definition) is 0. The first-order chi connectivity index (χ1) is 9.43. The monoisotopic (exact) mass is 273 g/mol. The number of rotatable bonds is 4. The summed E-state index contributed by atoms with van der Waals surface area (Å²) in [6.45, 7) is 8.34. The fraction of sp³-hybridized carbons (Fsp3) is 0.375. The van der Waals surface area contributed by atoms with Crippen molar-refractivity contribution >= 4 is 5.97 Å². The maximum Gasteiger partial charge on any atom is 0.402 e. The van der Waals surface area contributed by atoms with E-state index in [1.54, 1.807) is 10.8 Å². The maximum atomic E-state index is 11.2. The molecule has 1 aromatic heterocycles. The third-order valence-electron chi connectivity index (χ3n) is 3.37. The molecule has 0 unspecified atom stereocenters. The van der Waals surface area contributed by atoms with Gasteiger partial charge in [0.25, 0.3) is 0 Å². The highest BCUT2D eigenvalue weighted by Crippen LogP contribution is 2.28. The topological polar surface area (TPSA) is 57.2 Å². The van der Waals surface area contributed by atoms with Crippen molar-refractivity contribution in [2.75, 3.05) is 0 Å². The number of benzene rings is 1. The minimum atomic E-state index is -1.32. The first-order valence-electron chi connectivity index (χ1n) is 6.77. The molecule has 2 rings (SSSR count). The van der Waals surface area contributed by atoms with Crippen molar-refractivity contribution in [3.8, 4) is 5.69 Å². The number of nitrogens with zero attached hydrogens (tertiary/aromatic N) is 1. The summed E-state index contributed by atoms with van der Waals surface area (Å²) in [6.07, 6.45) is 2.99. The van der Waals surface area contributed by atoms with Gasteiger partial charge in [0.1, 0.15) is 0 Å². The standard InChI is InChI=1S/C16H19NO3/c1-10(2)12-6-5-7-13(11(3)4)14(12)17-8-9-20-15(17)16(18)19/h5-11H,1-4H3. The van der Waals surface area contributed by atoms with Crippen LogP contribution in [-0.2, 0) is 0 Å². The summed E-state index contributed by atoms with van der Waals surface area (Å²) < 4.78 is 6.62. The van der Waals surface area contributed by atoms with Crippen molar-refractivity contribution in [2.24, 2.45) is 0 Å². The highest BCUT2D eigenvalue weighted by molar-refractivity contribution is 5.78. The maximum absolute atomic E-state index is 11.2. The zero-order chi connectivity index (χ0) is 14.9. The predicted molar refractivity (Wildman–Crippen MR) is 72.7 cm³/mol. The van der Waals surface area contributed by atoms with Crippen LogP contribution >= 0.6 is 0 Å². The minimum Gasteiger partial charge on any atom is -0.537 e. The molecule has 1 heterocycles. The summed E-state index contributed by atoms with van der Waals surface area (Å²) in [6, 6.07) is 6.05. The number of carbonyl (C=O) groups is 1. The van der Waals surface area contributed by atoms with E-state index in [1.807, 2.05) is 18.2 Å². The Morgan fingerprint density at radius 3 is 2.15 bits per heavy atom. The lowest BCUT2D eigenvalue weighted by molar-refractivity contribution is -0.606. The van der Waals surface area contributed by atoms with Crippen LogP contribution in [0.5, 0.6) is 0 Å². The van der Waals surface area contributed by atoms with Crippen molar-refractivity contribution in [1.29, 1.82) is 0 Å². The van der Waals surface area contributed by atoms with Gasteiger partial charge < -0.3 is 14.3 Å². The third-order valence-corrected chi connectivity index (χ3v) is 3.37. The number of carboxylic acid groups (broad SMARTS) is 1. The molecule has 0 aliphatic rings. The van der Waals surface area contributed by atoms with Crippen LogP contribution in [0.15, 0.2) is 35.1 Å². The molecule has 20 heavy (non-hydrogen) atoms. The Hall–Kier alpha value is -2.10. The molecule has 0 amide bonds. The minimum absolute atomic E-state index is 0.181. The summed E-state index contributed by atoms with van der Waals surface area (Å²) >= 11 is 0. The molecular weight excluding hydrogens is 254 g/mol. The first kappa shape index (κ1) is 14.3. The fourth-order valence-corrected chi connectivity index (χ4v) is 2.39. The number of aromatic nitrogens is 1. The fourth-order valence-electron chi connectivity index (χ4n) is 2.39. The SMILES string of the molecule is CC(C)c1cccc(C(C)C)c1-[n+]1ccoc1C(=O)[O-]. The van der Waals surface area contributed by atoms with Crippen LogP contribution in [0.1, 0.15) is 61.3 Å². The van der Waals surface area contributed by atoms with Gasteiger partial charge in [0.15, 0.2) is 12.2 Å². The number of aromatic carboxylic acids is 1. The van der Waals surface area contributed by atoms with E-state index in [9.17, 15) is 9.90 Å². The Morgan fingerprint density at radius 2 is 1.70 bits per heavy atom. The molecule has 0 aliphatic heterocycles. The highest BCUT2D eigenvalue weighted by atomic mass is 16.4. The van der Waals surface area contributed by atoms with Gasteiger partial charge in [0.2, 0.25) is 11.9 Å². The second kappa shape index (κ2) is 5.49. The summed E-state index contributed by atoms with van der Waals surface area (Å²) in [4.78, 5) is 11.2. The normalized spacial score (nSPS) is 11.3. The number of carbonyl (C=O) groups excluding carboxylic acids is 1. The van der Waals surface area contributed by atoms with Gasteiger partial charge in [-0.2, -0.15) is 0 Å².